The van der Waals surface area contributed by atoms with Crippen LogP contribution >= 0.6 is 11.6 Å². The summed E-state index contributed by atoms with van der Waals surface area (Å²) in [5.41, 5.74) is 1.05. The number of ether oxygens (including phenoxy) is 2. The molecule has 0 aliphatic rings. The fraction of sp³-hybridized carbons (Fsp3) is 0.471. The van der Waals surface area contributed by atoms with Crippen LogP contribution in [0.1, 0.15) is 32.0 Å². The van der Waals surface area contributed by atoms with Gasteiger partial charge in [0.2, 0.25) is 5.29 Å². The number of alkyl carbamates (subject to hydrolysis) is 1. The minimum Gasteiger partial charge on any atom is -0.495 e. The second kappa shape index (κ2) is 8.71. The van der Waals surface area contributed by atoms with Crippen LogP contribution in [0.5, 0.6) is 0 Å². The molecule has 1 rings (SSSR count). The second-order valence-electron chi connectivity index (χ2n) is 6.28. The third kappa shape index (κ3) is 6.26. The van der Waals surface area contributed by atoms with Crippen LogP contribution in [0.25, 0.3) is 5.76 Å². The SMILES string of the molecule is C=N/C(Cl)=N\c1c(C)cc(C(=C)OC)n1CCNC(=O)OC(C)(C)C. The standard InChI is InChI=1S/C17H25ClN4O3/c1-11-10-13(12(2)24-7)22(14(11)21-15(18)19-6)9-8-20-16(23)25-17(3,4)5/h10H,2,6,8-9H2,1,3-5,7H3,(H,20,23)/b21-15-. The van der Waals surface area contributed by atoms with Crippen molar-refractivity contribution in [1.29, 1.82) is 0 Å². The molecule has 0 fully saturated rings. The number of amides is 1. The van der Waals surface area contributed by atoms with Crippen molar-refractivity contribution in [3.8, 4) is 0 Å². The summed E-state index contributed by atoms with van der Waals surface area (Å²) in [5, 5.41) is 2.73. The predicted molar refractivity (Wildman–Crippen MR) is 102 cm³/mol. The molecule has 138 valence electrons. The molecule has 0 spiro atoms. The highest BCUT2D eigenvalue weighted by atomic mass is 35.5. The molecule has 0 unspecified atom stereocenters. The van der Waals surface area contributed by atoms with E-state index in [4.69, 9.17) is 21.1 Å². The Kier molecular flexibility index (Phi) is 7.23. The van der Waals surface area contributed by atoms with Gasteiger partial charge in [0.05, 0.1) is 12.8 Å². The number of methoxy groups -OCH3 is 1. The van der Waals surface area contributed by atoms with E-state index in [1.54, 1.807) is 20.8 Å². The third-order valence-electron chi connectivity index (χ3n) is 3.12. The Bertz CT molecular complexity index is 687. The first-order valence-electron chi connectivity index (χ1n) is 7.70. The minimum atomic E-state index is -0.553. The zero-order valence-electron chi connectivity index (χ0n) is 15.4. The Hall–Kier alpha value is -2.28. The zero-order chi connectivity index (χ0) is 19.2. The molecule has 0 saturated carbocycles. The topological polar surface area (TPSA) is 77.2 Å². The maximum Gasteiger partial charge on any atom is 0.407 e. The van der Waals surface area contributed by atoms with Gasteiger partial charge in [0, 0.05) is 13.1 Å². The number of hydrogen-bond donors (Lipinski definition) is 1. The lowest BCUT2D eigenvalue weighted by Gasteiger charge is -2.20. The van der Waals surface area contributed by atoms with Crippen LogP contribution in [0, 0.1) is 6.92 Å². The molecule has 8 heteroatoms. The molecule has 0 atom stereocenters. The lowest BCUT2D eigenvalue weighted by molar-refractivity contribution is 0.0526. The van der Waals surface area contributed by atoms with E-state index in [1.165, 1.54) is 7.11 Å². The van der Waals surface area contributed by atoms with Crippen molar-refractivity contribution >= 4 is 41.3 Å². The lowest BCUT2D eigenvalue weighted by Crippen LogP contribution is -2.34. The number of carbonyl (C=O) groups is 1. The summed E-state index contributed by atoms with van der Waals surface area (Å²) >= 11 is 5.89. The monoisotopic (exact) mass is 368 g/mol. The number of hydrogen-bond acceptors (Lipinski definition) is 4. The predicted octanol–water partition coefficient (Wildman–Crippen LogP) is 3.87. The first-order chi connectivity index (χ1) is 11.6. The van der Waals surface area contributed by atoms with Gasteiger partial charge in [-0.05, 0) is 57.6 Å². The van der Waals surface area contributed by atoms with Gasteiger partial charge in [-0.1, -0.05) is 6.58 Å². The van der Waals surface area contributed by atoms with E-state index in [2.05, 4.69) is 28.6 Å². The van der Waals surface area contributed by atoms with Gasteiger partial charge in [0.15, 0.2) is 0 Å². The Labute approximate surface area is 153 Å². The van der Waals surface area contributed by atoms with Crippen LogP contribution < -0.4 is 5.32 Å². The molecule has 0 aliphatic heterocycles. The van der Waals surface area contributed by atoms with E-state index >= 15 is 0 Å². The normalized spacial score (nSPS) is 11.8. The van der Waals surface area contributed by atoms with Crippen LogP contribution in [-0.4, -0.2) is 41.9 Å². The van der Waals surface area contributed by atoms with Crippen LogP contribution in [0.4, 0.5) is 10.6 Å². The summed E-state index contributed by atoms with van der Waals surface area (Å²) in [4.78, 5) is 19.6. The van der Waals surface area contributed by atoms with Gasteiger partial charge in [-0.2, -0.15) is 0 Å². The largest absolute Gasteiger partial charge is 0.495 e. The van der Waals surface area contributed by atoms with Crippen molar-refractivity contribution in [3.05, 3.63) is 23.9 Å². The van der Waals surface area contributed by atoms with E-state index in [9.17, 15) is 4.79 Å². The molecule has 1 heterocycles. The third-order valence-corrected chi connectivity index (χ3v) is 3.32. The Morgan fingerprint density at radius 3 is 2.60 bits per heavy atom. The minimum absolute atomic E-state index is 0.0251. The number of rotatable bonds is 6. The number of halogens is 1. The zero-order valence-corrected chi connectivity index (χ0v) is 16.1. The van der Waals surface area contributed by atoms with Gasteiger partial charge in [-0.15, -0.1) is 0 Å². The number of aryl methyl sites for hydroxylation is 1. The van der Waals surface area contributed by atoms with Crippen molar-refractivity contribution in [2.45, 2.75) is 39.8 Å². The van der Waals surface area contributed by atoms with Crippen molar-refractivity contribution in [2.75, 3.05) is 13.7 Å². The summed E-state index contributed by atoms with van der Waals surface area (Å²) in [7, 11) is 1.54. The van der Waals surface area contributed by atoms with E-state index in [0.29, 0.717) is 24.7 Å². The Morgan fingerprint density at radius 2 is 2.08 bits per heavy atom. The number of aliphatic imine (C=N–C) groups is 2. The molecule has 0 radical (unpaired) electrons. The van der Waals surface area contributed by atoms with Gasteiger partial charge in [-0.25, -0.2) is 14.8 Å². The summed E-state index contributed by atoms with van der Waals surface area (Å²) in [6, 6.07) is 1.88. The molecule has 7 nitrogen and oxygen atoms in total. The summed E-state index contributed by atoms with van der Waals surface area (Å²) in [6.45, 7) is 15.3. The first-order valence-corrected chi connectivity index (χ1v) is 8.08. The van der Waals surface area contributed by atoms with Crippen LogP contribution in [0.3, 0.4) is 0 Å². The van der Waals surface area contributed by atoms with Gasteiger partial charge in [0.1, 0.15) is 17.2 Å². The van der Waals surface area contributed by atoms with E-state index < -0.39 is 11.7 Å². The highest BCUT2D eigenvalue weighted by Crippen LogP contribution is 2.28. The highest BCUT2D eigenvalue weighted by molar-refractivity contribution is 6.65. The second-order valence-corrected chi connectivity index (χ2v) is 6.62. The van der Waals surface area contributed by atoms with E-state index in [0.717, 1.165) is 11.3 Å². The van der Waals surface area contributed by atoms with E-state index in [-0.39, 0.29) is 5.29 Å². The van der Waals surface area contributed by atoms with Crippen molar-refractivity contribution < 1.29 is 14.3 Å². The average molecular weight is 369 g/mol. The lowest BCUT2D eigenvalue weighted by atomic mass is 10.2. The van der Waals surface area contributed by atoms with E-state index in [1.807, 2.05) is 17.6 Å². The molecule has 1 aromatic heterocycles. The van der Waals surface area contributed by atoms with Gasteiger partial charge in [0.25, 0.3) is 0 Å². The Morgan fingerprint density at radius 1 is 1.44 bits per heavy atom. The first kappa shape index (κ1) is 20.8. The average Bonchev–Trinajstić information content (AvgIpc) is 2.81. The van der Waals surface area contributed by atoms with Crippen LogP contribution in [0.15, 0.2) is 22.6 Å². The van der Waals surface area contributed by atoms with Gasteiger partial charge in [-0.3, -0.25) is 0 Å². The van der Waals surface area contributed by atoms with Crippen molar-refractivity contribution in [3.63, 3.8) is 0 Å². The number of nitrogens with zero attached hydrogens (tertiary/aromatic N) is 3. The maximum absolute atomic E-state index is 11.8. The summed E-state index contributed by atoms with van der Waals surface area (Å²) < 4.78 is 12.3. The molecular weight excluding hydrogens is 344 g/mol. The molecular formula is C17H25ClN4O3. The molecule has 0 aliphatic carbocycles. The van der Waals surface area contributed by atoms with Crippen molar-refractivity contribution in [2.24, 2.45) is 9.98 Å². The fourth-order valence-corrected chi connectivity index (χ4v) is 2.17. The smallest absolute Gasteiger partial charge is 0.407 e. The Balaban J connectivity index is 3.01. The fourth-order valence-electron chi connectivity index (χ4n) is 2.09. The molecule has 0 saturated heterocycles. The number of aromatic nitrogens is 1. The van der Waals surface area contributed by atoms with Crippen LogP contribution in [-0.2, 0) is 16.0 Å². The summed E-state index contributed by atoms with van der Waals surface area (Å²) in [5.74, 6) is 1.07. The maximum atomic E-state index is 11.8. The molecule has 1 aromatic rings. The number of carbonyl (C=O) groups excluding carboxylic acids is 1. The van der Waals surface area contributed by atoms with Crippen molar-refractivity contribution in [1.82, 2.24) is 9.88 Å². The molecule has 0 bridgehead atoms. The molecule has 1 N–H and O–H groups in total. The quantitative estimate of drug-likeness (QED) is 0.358. The van der Waals surface area contributed by atoms with Crippen LogP contribution in [0.2, 0.25) is 0 Å². The molecule has 0 aromatic carbocycles. The molecule has 1 amide bonds. The number of nitrogens with one attached hydrogen (secondary N) is 1. The highest BCUT2D eigenvalue weighted by Gasteiger charge is 2.18. The summed E-state index contributed by atoms with van der Waals surface area (Å²) in [6.07, 6.45) is -0.487. The molecule has 25 heavy (non-hydrogen) atoms. The number of amidine groups is 1. The van der Waals surface area contributed by atoms with Gasteiger partial charge >= 0.3 is 6.09 Å². The van der Waals surface area contributed by atoms with Gasteiger partial charge < -0.3 is 19.4 Å².